The molecule has 1 heterocycles. The van der Waals surface area contributed by atoms with Crippen molar-refractivity contribution < 1.29 is 47.3 Å². The highest BCUT2D eigenvalue weighted by Crippen LogP contribution is 2.34. The van der Waals surface area contributed by atoms with Crippen molar-refractivity contribution in [2.75, 3.05) is 31.3 Å². The topological polar surface area (TPSA) is 118 Å². The number of anilines is 1. The summed E-state index contributed by atoms with van der Waals surface area (Å²) in [7, 11) is 0. The van der Waals surface area contributed by atoms with Gasteiger partial charge in [0.25, 0.3) is 5.91 Å². The van der Waals surface area contributed by atoms with E-state index in [4.69, 9.17) is 14.6 Å². The van der Waals surface area contributed by atoms with E-state index in [1.54, 1.807) is 47.4 Å². The number of hydrogen-bond acceptors (Lipinski definition) is 7. The lowest BCUT2D eigenvalue weighted by molar-refractivity contribution is -0.192. The van der Waals surface area contributed by atoms with E-state index in [1.807, 2.05) is 24.3 Å². The number of carbonyl (C=O) groups is 2. The van der Waals surface area contributed by atoms with Gasteiger partial charge >= 0.3 is 12.1 Å². The number of fused-ring (bicyclic) bond motifs is 1. The van der Waals surface area contributed by atoms with Crippen molar-refractivity contribution in [2.24, 2.45) is 11.1 Å². The third kappa shape index (κ3) is 7.63. The monoisotopic (exact) mass is 560 g/mol. The number of nitrogens with zero attached hydrogens (tertiary/aromatic N) is 2. The second kappa shape index (κ2) is 12.7. The van der Waals surface area contributed by atoms with Crippen LogP contribution in [-0.4, -0.2) is 66.5 Å². The molecule has 0 saturated heterocycles. The summed E-state index contributed by atoms with van der Waals surface area (Å²) in [6.45, 7) is -1.39. The van der Waals surface area contributed by atoms with Gasteiger partial charge in [-0.3, -0.25) is 4.79 Å². The third-order valence-corrected chi connectivity index (χ3v) is 6.29. The smallest absolute Gasteiger partial charge is 0.411 e. The Bertz CT molecular complexity index is 1310. The number of amides is 1. The minimum absolute atomic E-state index is 0.0865. The Kier molecular flexibility index (Phi) is 9.10. The van der Waals surface area contributed by atoms with Crippen LogP contribution in [0.25, 0.3) is 0 Å². The zero-order valence-electron chi connectivity index (χ0n) is 21.2. The largest absolute Gasteiger partial charge is 0.492 e. The minimum Gasteiger partial charge on any atom is -0.492 e. The van der Waals surface area contributed by atoms with Crippen molar-refractivity contribution in [1.82, 2.24) is 0 Å². The molecule has 1 aliphatic carbocycles. The standard InChI is InChI=1S/C28H27F3N2O7/c29-28(30,31)17-40-25(27(35)36)14-18-5-8-21(9-6-18)38-12-11-33-23-10-7-19(15-24(23)39-16-26(33)34)13-20-3-1-2-4-22(20)32-37/h1-10,15,20,25,37H,11-14,16-17H2,(H,35,36). The Morgan fingerprint density at radius 1 is 1.15 bits per heavy atom. The van der Waals surface area contributed by atoms with Gasteiger partial charge in [-0.1, -0.05) is 41.6 Å². The van der Waals surface area contributed by atoms with Gasteiger partial charge in [0, 0.05) is 12.3 Å². The molecule has 0 radical (unpaired) electrons. The van der Waals surface area contributed by atoms with Crippen molar-refractivity contribution in [3.05, 3.63) is 77.9 Å². The molecular formula is C28H27F3N2O7. The van der Waals surface area contributed by atoms with Gasteiger partial charge < -0.3 is 29.4 Å². The second-order valence-corrected chi connectivity index (χ2v) is 9.17. The molecule has 2 N–H and O–H groups in total. The summed E-state index contributed by atoms with van der Waals surface area (Å²) >= 11 is 0. The Balaban J connectivity index is 1.32. The summed E-state index contributed by atoms with van der Waals surface area (Å²) in [6.07, 6.45) is 1.47. The van der Waals surface area contributed by atoms with E-state index in [-0.39, 0.29) is 38.0 Å². The fourth-order valence-electron chi connectivity index (χ4n) is 4.33. The van der Waals surface area contributed by atoms with E-state index in [1.165, 1.54) is 0 Å². The lowest BCUT2D eigenvalue weighted by Gasteiger charge is -2.30. The van der Waals surface area contributed by atoms with Crippen LogP contribution in [0.3, 0.4) is 0 Å². The summed E-state index contributed by atoms with van der Waals surface area (Å²) < 4.78 is 53.0. The van der Waals surface area contributed by atoms with Gasteiger partial charge in [-0.2, -0.15) is 13.2 Å². The average Bonchev–Trinajstić information content (AvgIpc) is 2.92. The van der Waals surface area contributed by atoms with Crippen LogP contribution in [0.15, 0.2) is 71.9 Å². The van der Waals surface area contributed by atoms with E-state index in [2.05, 4.69) is 9.89 Å². The summed E-state index contributed by atoms with van der Waals surface area (Å²) in [4.78, 5) is 25.4. The Labute approximate surface area is 227 Å². The van der Waals surface area contributed by atoms with Crippen LogP contribution in [0, 0.1) is 5.92 Å². The summed E-state index contributed by atoms with van der Waals surface area (Å²) in [5.41, 5.74) is 2.57. The molecule has 0 spiro atoms. The number of benzene rings is 2. The number of carboxylic acids is 1. The maximum atomic E-state index is 12.6. The summed E-state index contributed by atoms with van der Waals surface area (Å²) in [6, 6.07) is 11.8. The molecule has 2 aromatic carbocycles. The molecule has 2 aliphatic rings. The summed E-state index contributed by atoms with van der Waals surface area (Å²) in [5, 5.41) is 21.7. The molecule has 0 saturated carbocycles. The molecule has 0 aromatic heterocycles. The van der Waals surface area contributed by atoms with Gasteiger partial charge in [0.15, 0.2) is 12.7 Å². The van der Waals surface area contributed by atoms with E-state index in [0.29, 0.717) is 34.9 Å². The number of carboxylic acid groups (broad SMARTS) is 1. The van der Waals surface area contributed by atoms with Gasteiger partial charge in [-0.05, 0) is 47.9 Å². The van der Waals surface area contributed by atoms with Crippen LogP contribution in [-0.2, 0) is 27.2 Å². The van der Waals surface area contributed by atoms with Crippen LogP contribution in [0.5, 0.6) is 11.5 Å². The zero-order valence-corrected chi connectivity index (χ0v) is 21.2. The van der Waals surface area contributed by atoms with Crippen LogP contribution in [0.2, 0.25) is 0 Å². The van der Waals surface area contributed by atoms with Crippen LogP contribution >= 0.6 is 0 Å². The SMILES string of the molecule is O=C(O)C(Cc1ccc(OCCN2C(=O)COc3cc(CC4C=CC=CC4=NO)ccc32)cc1)OCC(F)(F)F. The molecule has 2 aromatic rings. The maximum absolute atomic E-state index is 12.6. The molecule has 12 heteroatoms. The Hall–Kier alpha value is -4.32. The molecule has 4 rings (SSSR count). The van der Waals surface area contributed by atoms with Gasteiger partial charge in [0.1, 0.15) is 24.7 Å². The Morgan fingerprint density at radius 3 is 2.60 bits per heavy atom. The number of ether oxygens (including phenoxy) is 3. The number of carbonyl (C=O) groups excluding carboxylic acids is 1. The molecule has 2 atom stereocenters. The lowest BCUT2D eigenvalue weighted by Crippen LogP contribution is -2.41. The number of halogens is 3. The number of allylic oxidation sites excluding steroid dienone is 4. The molecule has 212 valence electrons. The molecule has 0 bridgehead atoms. The first-order valence-corrected chi connectivity index (χ1v) is 12.4. The fourth-order valence-corrected chi connectivity index (χ4v) is 4.33. The van der Waals surface area contributed by atoms with Gasteiger partial charge in [-0.25, -0.2) is 4.79 Å². The van der Waals surface area contributed by atoms with Crippen molar-refractivity contribution in [1.29, 1.82) is 0 Å². The predicted octanol–water partition coefficient (Wildman–Crippen LogP) is 4.18. The molecule has 2 unspecified atom stereocenters. The zero-order chi connectivity index (χ0) is 28.7. The van der Waals surface area contributed by atoms with Crippen molar-refractivity contribution in [2.45, 2.75) is 25.1 Å². The van der Waals surface area contributed by atoms with E-state index >= 15 is 0 Å². The number of aliphatic carboxylic acids is 1. The normalized spacial score (nSPS) is 18.4. The lowest BCUT2D eigenvalue weighted by atomic mass is 9.91. The Morgan fingerprint density at radius 2 is 1.90 bits per heavy atom. The quantitative estimate of drug-likeness (QED) is 0.313. The van der Waals surface area contributed by atoms with E-state index < -0.39 is 24.9 Å². The summed E-state index contributed by atoms with van der Waals surface area (Å²) in [5.74, 6) is -0.803. The van der Waals surface area contributed by atoms with E-state index in [0.717, 1.165) is 5.56 Å². The highest BCUT2D eigenvalue weighted by molar-refractivity contribution is 5.99. The van der Waals surface area contributed by atoms with E-state index in [9.17, 15) is 28.0 Å². The number of hydrogen-bond donors (Lipinski definition) is 2. The third-order valence-electron chi connectivity index (χ3n) is 6.29. The molecule has 1 aliphatic heterocycles. The minimum atomic E-state index is -4.62. The van der Waals surface area contributed by atoms with Crippen LogP contribution < -0.4 is 14.4 Å². The van der Waals surface area contributed by atoms with Crippen molar-refractivity contribution >= 4 is 23.3 Å². The van der Waals surface area contributed by atoms with Crippen molar-refractivity contribution in [3.63, 3.8) is 0 Å². The molecule has 9 nitrogen and oxygen atoms in total. The first-order valence-electron chi connectivity index (χ1n) is 12.4. The first kappa shape index (κ1) is 28.7. The first-order chi connectivity index (χ1) is 19.1. The fraction of sp³-hybridized carbons (Fsp3) is 0.321. The molecular weight excluding hydrogens is 533 g/mol. The van der Waals surface area contributed by atoms with Crippen LogP contribution in [0.1, 0.15) is 11.1 Å². The number of alkyl halides is 3. The predicted molar refractivity (Wildman–Crippen MR) is 138 cm³/mol. The number of oxime groups is 1. The highest BCUT2D eigenvalue weighted by Gasteiger charge is 2.31. The van der Waals surface area contributed by atoms with Gasteiger partial charge in [0.05, 0.1) is 17.9 Å². The maximum Gasteiger partial charge on any atom is 0.411 e. The molecule has 0 fully saturated rings. The molecule has 1 amide bonds. The number of rotatable bonds is 11. The second-order valence-electron chi connectivity index (χ2n) is 9.17. The highest BCUT2D eigenvalue weighted by atomic mass is 19.4. The van der Waals surface area contributed by atoms with Gasteiger partial charge in [0.2, 0.25) is 0 Å². The molecule has 40 heavy (non-hydrogen) atoms. The van der Waals surface area contributed by atoms with Crippen molar-refractivity contribution in [3.8, 4) is 11.5 Å². The van der Waals surface area contributed by atoms with Crippen LogP contribution in [0.4, 0.5) is 18.9 Å². The van der Waals surface area contributed by atoms with Gasteiger partial charge in [-0.15, -0.1) is 0 Å². The average molecular weight is 561 g/mol.